The van der Waals surface area contributed by atoms with Gasteiger partial charge in [0.25, 0.3) is 0 Å². The number of hydrogen-bond acceptors (Lipinski definition) is 1. The smallest absolute Gasteiger partial charge is 0.220 e. The van der Waals surface area contributed by atoms with E-state index in [2.05, 4.69) is 36.5 Å². The van der Waals surface area contributed by atoms with E-state index >= 15 is 0 Å². The molecule has 0 radical (unpaired) electrons. The van der Waals surface area contributed by atoms with Crippen LogP contribution in [-0.4, -0.2) is 12.5 Å². The van der Waals surface area contributed by atoms with Gasteiger partial charge in [-0.2, -0.15) is 0 Å². The highest BCUT2D eigenvalue weighted by Gasteiger charge is 2.07. The zero-order valence-electron chi connectivity index (χ0n) is 11.9. The minimum atomic E-state index is 0.122. The summed E-state index contributed by atoms with van der Waals surface area (Å²) in [5, 5.41) is 3.01. The van der Waals surface area contributed by atoms with E-state index in [1.54, 1.807) is 0 Å². The summed E-state index contributed by atoms with van der Waals surface area (Å²) >= 11 is 0. The van der Waals surface area contributed by atoms with Crippen molar-refractivity contribution in [2.75, 3.05) is 6.54 Å². The Kier molecular flexibility index (Phi) is 5.36. The molecule has 1 amide bonds. The third-order valence-electron chi connectivity index (χ3n) is 3.46. The van der Waals surface area contributed by atoms with Crippen molar-refractivity contribution < 1.29 is 4.79 Å². The number of benzene rings is 2. The predicted molar refractivity (Wildman–Crippen MR) is 82.6 cm³/mol. The topological polar surface area (TPSA) is 29.1 Å². The molecule has 0 aliphatic heterocycles. The van der Waals surface area contributed by atoms with Crippen molar-refractivity contribution in [3.05, 3.63) is 71.8 Å². The van der Waals surface area contributed by atoms with E-state index in [9.17, 15) is 4.79 Å². The lowest BCUT2D eigenvalue weighted by Crippen LogP contribution is -2.27. The van der Waals surface area contributed by atoms with Crippen LogP contribution >= 0.6 is 0 Å². The van der Waals surface area contributed by atoms with Gasteiger partial charge in [0, 0.05) is 13.0 Å². The third-order valence-corrected chi connectivity index (χ3v) is 3.46. The molecule has 0 unspecified atom stereocenters. The molecule has 0 heterocycles. The van der Waals surface area contributed by atoms with Crippen molar-refractivity contribution in [1.82, 2.24) is 5.32 Å². The van der Waals surface area contributed by atoms with Crippen molar-refractivity contribution in [2.24, 2.45) is 0 Å². The summed E-state index contributed by atoms with van der Waals surface area (Å²) in [6.07, 6.45) is 1.35. The van der Waals surface area contributed by atoms with E-state index in [1.165, 1.54) is 11.1 Å². The van der Waals surface area contributed by atoms with E-state index in [-0.39, 0.29) is 5.91 Å². The highest BCUT2D eigenvalue weighted by molar-refractivity contribution is 5.76. The minimum absolute atomic E-state index is 0.122. The van der Waals surface area contributed by atoms with Crippen molar-refractivity contribution in [1.29, 1.82) is 0 Å². The maximum Gasteiger partial charge on any atom is 0.220 e. The molecule has 0 saturated carbocycles. The Morgan fingerprint density at radius 1 is 1.00 bits per heavy atom. The Morgan fingerprint density at radius 2 is 1.60 bits per heavy atom. The molecule has 104 valence electrons. The molecule has 1 N–H and O–H groups in total. The summed E-state index contributed by atoms with van der Waals surface area (Å²) in [5.74, 6) is 0.466. The third kappa shape index (κ3) is 4.54. The molecule has 1 atom stereocenters. The second-order valence-electron chi connectivity index (χ2n) is 5.10. The summed E-state index contributed by atoms with van der Waals surface area (Å²) < 4.78 is 0. The summed E-state index contributed by atoms with van der Waals surface area (Å²) in [5.41, 5.74) is 2.47. The normalized spacial score (nSPS) is 11.8. The molecule has 0 aliphatic rings. The van der Waals surface area contributed by atoms with Gasteiger partial charge >= 0.3 is 0 Å². The van der Waals surface area contributed by atoms with Crippen LogP contribution in [0.15, 0.2) is 60.7 Å². The van der Waals surface area contributed by atoms with E-state index in [1.807, 2.05) is 36.4 Å². The Morgan fingerprint density at radius 3 is 2.25 bits per heavy atom. The van der Waals surface area contributed by atoms with Crippen molar-refractivity contribution >= 4 is 5.91 Å². The number of aryl methyl sites for hydroxylation is 1. The largest absolute Gasteiger partial charge is 0.355 e. The van der Waals surface area contributed by atoms with Crippen molar-refractivity contribution in [3.63, 3.8) is 0 Å². The first kappa shape index (κ1) is 14.3. The lowest BCUT2D eigenvalue weighted by atomic mass is 10.0. The molecule has 0 aliphatic carbocycles. The Hall–Kier alpha value is -2.09. The van der Waals surface area contributed by atoms with E-state index in [0.717, 1.165) is 6.42 Å². The highest BCUT2D eigenvalue weighted by atomic mass is 16.1. The predicted octanol–water partition coefficient (Wildman–Crippen LogP) is 3.54. The van der Waals surface area contributed by atoms with Gasteiger partial charge in [-0.05, 0) is 23.5 Å². The highest BCUT2D eigenvalue weighted by Crippen LogP contribution is 2.13. The molecule has 0 aromatic heterocycles. The SMILES string of the molecule is C[C@@H](CNC(=O)CCc1ccccc1)c1ccccc1. The second kappa shape index (κ2) is 7.49. The fourth-order valence-corrected chi connectivity index (χ4v) is 2.16. The molecule has 0 bridgehead atoms. The van der Waals surface area contributed by atoms with E-state index < -0.39 is 0 Å². The fourth-order valence-electron chi connectivity index (χ4n) is 2.16. The monoisotopic (exact) mass is 267 g/mol. The van der Waals surface area contributed by atoms with Crippen LogP contribution in [0.4, 0.5) is 0 Å². The molecule has 0 saturated heterocycles. The van der Waals surface area contributed by atoms with Crippen LogP contribution in [0.2, 0.25) is 0 Å². The summed E-state index contributed by atoms with van der Waals surface area (Å²) in [7, 11) is 0. The average molecular weight is 267 g/mol. The first-order valence-electron chi connectivity index (χ1n) is 7.11. The van der Waals surface area contributed by atoms with Crippen LogP contribution < -0.4 is 5.32 Å². The summed E-state index contributed by atoms with van der Waals surface area (Å²) in [6.45, 7) is 2.82. The Balaban J connectivity index is 1.73. The van der Waals surface area contributed by atoms with Gasteiger partial charge in [0.2, 0.25) is 5.91 Å². The Bertz CT molecular complexity index is 522. The van der Waals surface area contributed by atoms with Crippen LogP contribution in [0.25, 0.3) is 0 Å². The molecule has 2 rings (SSSR count). The van der Waals surface area contributed by atoms with Crippen LogP contribution in [0.1, 0.15) is 30.4 Å². The van der Waals surface area contributed by atoms with Gasteiger partial charge in [-0.15, -0.1) is 0 Å². The van der Waals surface area contributed by atoms with Crippen molar-refractivity contribution in [2.45, 2.75) is 25.7 Å². The van der Waals surface area contributed by atoms with Crippen molar-refractivity contribution in [3.8, 4) is 0 Å². The van der Waals surface area contributed by atoms with Gasteiger partial charge in [0.15, 0.2) is 0 Å². The lowest BCUT2D eigenvalue weighted by molar-refractivity contribution is -0.121. The van der Waals surface area contributed by atoms with Gasteiger partial charge in [0.05, 0.1) is 0 Å². The average Bonchev–Trinajstić information content (AvgIpc) is 2.52. The molecule has 20 heavy (non-hydrogen) atoms. The van der Waals surface area contributed by atoms with Gasteiger partial charge in [-0.25, -0.2) is 0 Å². The molecule has 2 aromatic carbocycles. The van der Waals surface area contributed by atoms with Crippen LogP contribution in [-0.2, 0) is 11.2 Å². The maximum atomic E-state index is 11.8. The van der Waals surface area contributed by atoms with Gasteiger partial charge in [-0.1, -0.05) is 67.6 Å². The number of rotatable bonds is 6. The fraction of sp³-hybridized carbons (Fsp3) is 0.278. The lowest BCUT2D eigenvalue weighted by Gasteiger charge is -2.13. The number of carbonyl (C=O) groups excluding carboxylic acids is 1. The number of amides is 1. The summed E-state index contributed by atoms with van der Waals surface area (Å²) in [6, 6.07) is 20.4. The molecule has 0 spiro atoms. The number of nitrogens with one attached hydrogen (secondary N) is 1. The standard InChI is InChI=1S/C18H21NO/c1-15(17-10-6-3-7-11-17)14-19-18(20)13-12-16-8-4-2-5-9-16/h2-11,15H,12-14H2,1H3,(H,19,20)/t15-/m0/s1. The van der Waals surface area contributed by atoms with E-state index in [0.29, 0.717) is 18.9 Å². The number of carbonyl (C=O) groups is 1. The number of hydrogen-bond donors (Lipinski definition) is 1. The van der Waals surface area contributed by atoms with Gasteiger partial charge in [0.1, 0.15) is 0 Å². The molecule has 0 fully saturated rings. The summed E-state index contributed by atoms with van der Waals surface area (Å²) in [4.78, 5) is 11.8. The first-order chi connectivity index (χ1) is 9.75. The Labute approximate surface area is 120 Å². The van der Waals surface area contributed by atoms with Crippen LogP contribution in [0.3, 0.4) is 0 Å². The molecule has 2 heteroatoms. The molecular formula is C18H21NO. The molecular weight excluding hydrogens is 246 g/mol. The zero-order chi connectivity index (χ0) is 14.2. The van der Waals surface area contributed by atoms with E-state index in [4.69, 9.17) is 0 Å². The van der Waals surface area contributed by atoms with Crippen LogP contribution in [0.5, 0.6) is 0 Å². The molecule has 2 aromatic rings. The minimum Gasteiger partial charge on any atom is -0.355 e. The van der Waals surface area contributed by atoms with Gasteiger partial charge in [-0.3, -0.25) is 4.79 Å². The quantitative estimate of drug-likeness (QED) is 0.852. The van der Waals surface area contributed by atoms with Gasteiger partial charge < -0.3 is 5.32 Å². The second-order valence-corrected chi connectivity index (χ2v) is 5.10. The van der Waals surface area contributed by atoms with Crippen LogP contribution in [0, 0.1) is 0 Å². The molecule has 2 nitrogen and oxygen atoms in total. The first-order valence-corrected chi connectivity index (χ1v) is 7.11. The maximum absolute atomic E-state index is 11.8. The zero-order valence-corrected chi connectivity index (χ0v) is 11.9.